The van der Waals surface area contributed by atoms with Gasteiger partial charge < -0.3 is 9.47 Å². The van der Waals surface area contributed by atoms with Gasteiger partial charge in [0.2, 0.25) is 0 Å². The van der Waals surface area contributed by atoms with Gasteiger partial charge in [-0.2, -0.15) is 5.10 Å². The molecule has 0 heterocycles. The normalized spacial score (nSPS) is 10.7. The summed E-state index contributed by atoms with van der Waals surface area (Å²) in [4.78, 5) is 0. The summed E-state index contributed by atoms with van der Waals surface area (Å²) in [5, 5.41) is 6.68. The van der Waals surface area contributed by atoms with Crippen molar-refractivity contribution in [3.8, 4) is 11.5 Å². The Morgan fingerprint density at radius 1 is 0.808 bits per heavy atom. The number of nitrogens with zero attached hydrogens (tertiary/aromatic N) is 2. The van der Waals surface area contributed by atoms with E-state index in [9.17, 15) is 0 Å². The highest BCUT2D eigenvalue weighted by Crippen LogP contribution is 2.29. The summed E-state index contributed by atoms with van der Waals surface area (Å²) in [6.45, 7) is 0.674. The molecule has 0 aliphatic carbocycles. The molecule has 0 atom stereocenters. The maximum Gasteiger partial charge on any atom is 0.169 e. The van der Waals surface area contributed by atoms with Crippen molar-refractivity contribution in [2.75, 3.05) is 19.2 Å². The third kappa shape index (κ3) is 4.22. The molecule has 0 saturated heterocycles. The van der Waals surface area contributed by atoms with Gasteiger partial charge in [0.1, 0.15) is 0 Å². The van der Waals surface area contributed by atoms with Gasteiger partial charge in [-0.3, -0.25) is 5.01 Å². The van der Waals surface area contributed by atoms with Crippen molar-refractivity contribution in [2.45, 2.75) is 6.54 Å². The Hall–Kier alpha value is -3.27. The molecule has 3 aromatic rings. The number of rotatable bonds is 7. The zero-order valence-electron chi connectivity index (χ0n) is 15.0. The molecule has 0 unspecified atom stereocenters. The van der Waals surface area contributed by atoms with Gasteiger partial charge in [0.05, 0.1) is 32.7 Å². The topological polar surface area (TPSA) is 34.1 Å². The van der Waals surface area contributed by atoms with Crippen molar-refractivity contribution in [1.82, 2.24) is 0 Å². The standard InChI is InChI=1S/C22H22N2O2/c1-25-21-15-9-12-19(22(21)26-2)16-23-24(20-13-7-4-8-14-20)17-18-10-5-3-6-11-18/h3-16H,17H2,1-2H3/b23-16-. The Kier molecular flexibility index (Phi) is 5.88. The van der Waals surface area contributed by atoms with Gasteiger partial charge in [-0.15, -0.1) is 0 Å². The third-order valence-electron chi connectivity index (χ3n) is 4.00. The van der Waals surface area contributed by atoms with Crippen LogP contribution in [-0.4, -0.2) is 20.4 Å². The number of anilines is 1. The second-order valence-electron chi connectivity index (χ2n) is 5.71. The fourth-order valence-electron chi connectivity index (χ4n) is 2.70. The van der Waals surface area contributed by atoms with Crippen molar-refractivity contribution in [3.63, 3.8) is 0 Å². The van der Waals surface area contributed by atoms with Crippen molar-refractivity contribution < 1.29 is 9.47 Å². The van der Waals surface area contributed by atoms with Gasteiger partial charge in [-0.25, -0.2) is 0 Å². The van der Waals surface area contributed by atoms with Crippen LogP contribution in [0.3, 0.4) is 0 Å². The minimum absolute atomic E-state index is 0.673. The molecule has 3 aromatic carbocycles. The minimum Gasteiger partial charge on any atom is -0.493 e. The zero-order valence-corrected chi connectivity index (χ0v) is 15.0. The second-order valence-corrected chi connectivity index (χ2v) is 5.71. The largest absolute Gasteiger partial charge is 0.493 e. The molecule has 0 amide bonds. The van der Waals surface area contributed by atoms with Crippen LogP contribution in [0.2, 0.25) is 0 Å². The van der Waals surface area contributed by atoms with Gasteiger partial charge in [-0.1, -0.05) is 54.6 Å². The molecule has 3 rings (SSSR count). The zero-order chi connectivity index (χ0) is 18.2. The molecule has 0 N–H and O–H groups in total. The average molecular weight is 346 g/mol. The first-order valence-corrected chi connectivity index (χ1v) is 8.43. The molecular formula is C22H22N2O2. The summed E-state index contributed by atoms with van der Waals surface area (Å²) in [6.07, 6.45) is 1.80. The highest BCUT2D eigenvalue weighted by molar-refractivity contribution is 5.85. The first-order chi connectivity index (χ1) is 12.8. The third-order valence-corrected chi connectivity index (χ3v) is 4.00. The minimum atomic E-state index is 0.673. The van der Waals surface area contributed by atoms with E-state index in [0.717, 1.165) is 11.3 Å². The number of hydrogen-bond donors (Lipinski definition) is 0. The fourth-order valence-corrected chi connectivity index (χ4v) is 2.70. The number of para-hydroxylation sites is 2. The van der Waals surface area contributed by atoms with Crippen LogP contribution in [0.15, 0.2) is 84.0 Å². The molecular weight excluding hydrogens is 324 g/mol. The van der Waals surface area contributed by atoms with Crippen molar-refractivity contribution in [2.24, 2.45) is 5.10 Å². The number of ether oxygens (including phenoxy) is 2. The van der Waals surface area contributed by atoms with Crippen LogP contribution in [0.4, 0.5) is 5.69 Å². The lowest BCUT2D eigenvalue weighted by Crippen LogP contribution is -2.16. The highest BCUT2D eigenvalue weighted by atomic mass is 16.5. The van der Waals surface area contributed by atoms with Crippen LogP contribution in [0.5, 0.6) is 11.5 Å². The highest BCUT2D eigenvalue weighted by Gasteiger charge is 2.09. The summed E-state index contributed by atoms with van der Waals surface area (Å²) in [6, 6.07) is 26.1. The van der Waals surface area contributed by atoms with Crippen LogP contribution in [0.1, 0.15) is 11.1 Å². The Morgan fingerprint density at radius 2 is 1.50 bits per heavy atom. The molecule has 0 fully saturated rings. The van der Waals surface area contributed by atoms with Crippen LogP contribution >= 0.6 is 0 Å². The van der Waals surface area contributed by atoms with Gasteiger partial charge in [-0.05, 0) is 29.8 Å². The smallest absolute Gasteiger partial charge is 0.169 e. The van der Waals surface area contributed by atoms with Crippen molar-refractivity contribution >= 4 is 11.9 Å². The van der Waals surface area contributed by atoms with E-state index in [1.165, 1.54) is 5.56 Å². The van der Waals surface area contributed by atoms with Crippen molar-refractivity contribution in [1.29, 1.82) is 0 Å². The molecule has 0 aromatic heterocycles. The number of benzene rings is 3. The van der Waals surface area contributed by atoms with Gasteiger partial charge in [0.25, 0.3) is 0 Å². The van der Waals surface area contributed by atoms with Crippen molar-refractivity contribution in [3.05, 3.63) is 90.0 Å². The summed E-state index contributed by atoms with van der Waals surface area (Å²) in [5.74, 6) is 1.36. The second kappa shape index (κ2) is 8.72. The SMILES string of the molecule is COc1cccc(/C=N\N(Cc2ccccc2)c2ccccc2)c1OC. The number of hydrogen-bond acceptors (Lipinski definition) is 4. The molecule has 0 spiro atoms. The lowest BCUT2D eigenvalue weighted by Gasteiger charge is -2.19. The van der Waals surface area contributed by atoms with Gasteiger partial charge in [0.15, 0.2) is 11.5 Å². The maximum absolute atomic E-state index is 5.49. The molecule has 132 valence electrons. The summed E-state index contributed by atoms with van der Waals surface area (Å²) < 4.78 is 10.9. The molecule has 0 saturated carbocycles. The monoisotopic (exact) mass is 346 g/mol. The number of methoxy groups -OCH3 is 2. The lowest BCUT2D eigenvalue weighted by atomic mass is 10.2. The molecule has 26 heavy (non-hydrogen) atoms. The van der Waals surface area contributed by atoms with E-state index in [0.29, 0.717) is 18.0 Å². The molecule has 0 aliphatic rings. The lowest BCUT2D eigenvalue weighted by molar-refractivity contribution is 0.354. The Labute approximate surface area is 154 Å². The summed E-state index contributed by atoms with van der Waals surface area (Å²) >= 11 is 0. The predicted molar refractivity (Wildman–Crippen MR) is 106 cm³/mol. The van der Waals surface area contributed by atoms with E-state index in [1.54, 1.807) is 20.4 Å². The first-order valence-electron chi connectivity index (χ1n) is 8.43. The molecule has 0 bridgehead atoms. The summed E-state index contributed by atoms with van der Waals surface area (Å²) in [7, 11) is 3.26. The number of hydrazone groups is 1. The predicted octanol–water partition coefficient (Wildman–Crippen LogP) is 4.74. The van der Waals surface area contributed by atoms with E-state index in [1.807, 2.05) is 71.7 Å². The first kappa shape index (κ1) is 17.5. The molecule has 0 aliphatic heterocycles. The Balaban J connectivity index is 1.92. The molecule has 0 radical (unpaired) electrons. The summed E-state index contributed by atoms with van der Waals surface area (Å²) in [5.41, 5.74) is 3.07. The molecule has 4 heteroatoms. The quantitative estimate of drug-likeness (QED) is 0.457. The van der Waals surface area contributed by atoms with Crippen LogP contribution < -0.4 is 14.5 Å². The van der Waals surface area contributed by atoms with Crippen LogP contribution in [0.25, 0.3) is 0 Å². The van der Waals surface area contributed by atoms with Gasteiger partial charge >= 0.3 is 0 Å². The Bertz CT molecular complexity index is 849. The van der Waals surface area contributed by atoms with Crippen LogP contribution in [-0.2, 0) is 6.54 Å². The fraction of sp³-hybridized carbons (Fsp3) is 0.136. The van der Waals surface area contributed by atoms with E-state index in [-0.39, 0.29) is 0 Å². The maximum atomic E-state index is 5.49. The molecule has 4 nitrogen and oxygen atoms in total. The van der Waals surface area contributed by atoms with Gasteiger partial charge in [0, 0.05) is 5.56 Å². The van der Waals surface area contributed by atoms with E-state index >= 15 is 0 Å². The van der Waals surface area contributed by atoms with Crippen LogP contribution in [0, 0.1) is 0 Å². The van der Waals surface area contributed by atoms with E-state index < -0.39 is 0 Å². The Morgan fingerprint density at radius 3 is 2.15 bits per heavy atom. The van der Waals surface area contributed by atoms with E-state index in [4.69, 9.17) is 14.6 Å². The average Bonchev–Trinajstić information content (AvgIpc) is 2.72. The van der Waals surface area contributed by atoms with E-state index in [2.05, 4.69) is 12.1 Å².